The van der Waals surface area contributed by atoms with Crippen LogP contribution >= 0.6 is 0 Å². The molecule has 0 saturated carbocycles. The van der Waals surface area contributed by atoms with E-state index in [1.165, 1.54) is 38.5 Å². The molecule has 2 atom stereocenters. The van der Waals surface area contributed by atoms with Crippen LogP contribution in [0.15, 0.2) is 12.2 Å². The van der Waals surface area contributed by atoms with Crippen LogP contribution in [0.3, 0.4) is 0 Å². The molecule has 4 nitrogen and oxygen atoms in total. The molecule has 1 heterocycles. The van der Waals surface area contributed by atoms with Crippen molar-refractivity contribution in [3.63, 3.8) is 0 Å². The fourth-order valence-corrected chi connectivity index (χ4v) is 2.62. The van der Waals surface area contributed by atoms with Gasteiger partial charge in [-0.05, 0) is 19.8 Å². The van der Waals surface area contributed by atoms with Crippen molar-refractivity contribution in [1.82, 2.24) is 0 Å². The van der Waals surface area contributed by atoms with Crippen LogP contribution in [0.5, 0.6) is 0 Å². The van der Waals surface area contributed by atoms with Crippen molar-refractivity contribution >= 4 is 11.8 Å². The molecule has 1 rings (SSSR count). The van der Waals surface area contributed by atoms with Crippen LogP contribution in [-0.4, -0.2) is 30.6 Å². The second kappa shape index (κ2) is 12.3. The smallest absolute Gasteiger partial charge is 0.313 e. The third-order valence-corrected chi connectivity index (χ3v) is 4.03. The molecule has 132 valence electrons. The molecular weight excluding hydrogens is 292 g/mol. The molecule has 23 heavy (non-hydrogen) atoms. The minimum Gasteiger partial charge on any atom is -0.466 e. The lowest BCUT2D eigenvalue weighted by molar-refractivity contribution is -0.145. The molecule has 4 heteroatoms. The van der Waals surface area contributed by atoms with E-state index in [0.717, 1.165) is 6.42 Å². The fraction of sp³-hybridized carbons (Fsp3) is 0.789. The maximum Gasteiger partial charge on any atom is 0.313 e. The van der Waals surface area contributed by atoms with Crippen LogP contribution in [0.1, 0.15) is 78.1 Å². The van der Waals surface area contributed by atoms with E-state index < -0.39 is 5.97 Å². The molecule has 1 aliphatic heterocycles. The van der Waals surface area contributed by atoms with Crippen molar-refractivity contribution in [2.75, 3.05) is 6.61 Å². The summed E-state index contributed by atoms with van der Waals surface area (Å²) < 4.78 is 10.4. The predicted octanol–water partition coefficient (Wildman–Crippen LogP) is 4.36. The molecule has 0 aliphatic carbocycles. The van der Waals surface area contributed by atoms with Gasteiger partial charge in [0.25, 0.3) is 0 Å². The van der Waals surface area contributed by atoms with Gasteiger partial charge in [-0.3, -0.25) is 9.59 Å². The standard InChI is InChI=1S/C19H32O4/c1-3-5-6-7-8-9-13-17-18(23-17)14-11-10-12-16(20)15-19(21)22-4-2/h11,14,17-18H,3-10,12-13,15H2,1-2H3. The first-order chi connectivity index (χ1) is 11.2. The Kier molecular flexibility index (Phi) is 10.6. The Bertz CT molecular complexity index is 376. The zero-order chi connectivity index (χ0) is 16.9. The Morgan fingerprint density at radius 1 is 1.09 bits per heavy atom. The molecule has 0 aromatic heterocycles. The molecule has 0 N–H and O–H groups in total. The van der Waals surface area contributed by atoms with Gasteiger partial charge in [0, 0.05) is 6.42 Å². The minimum absolute atomic E-state index is 0.0616. The van der Waals surface area contributed by atoms with E-state index >= 15 is 0 Å². The van der Waals surface area contributed by atoms with Crippen molar-refractivity contribution in [2.24, 2.45) is 0 Å². The number of Topliss-reactive ketones (excluding diaryl/α,β-unsaturated/α-hetero) is 1. The number of ether oxygens (including phenoxy) is 2. The first-order valence-corrected chi connectivity index (χ1v) is 9.16. The maximum atomic E-state index is 11.5. The third-order valence-electron chi connectivity index (χ3n) is 4.03. The molecule has 0 amide bonds. The van der Waals surface area contributed by atoms with Crippen LogP contribution in [0, 0.1) is 0 Å². The molecule has 0 radical (unpaired) electrons. The number of epoxide rings is 1. The van der Waals surface area contributed by atoms with Gasteiger partial charge in [-0.25, -0.2) is 0 Å². The highest BCUT2D eigenvalue weighted by Crippen LogP contribution is 2.28. The molecule has 0 spiro atoms. The zero-order valence-electron chi connectivity index (χ0n) is 14.7. The summed E-state index contributed by atoms with van der Waals surface area (Å²) in [6.07, 6.45) is 14.6. The van der Waals surface area contributed by atoms with Crippen molar-refractivity contribution in [3.05, 3.63) is 12.2 Å². The average Bonchev–Trinajstić information content (AvgIpc) is 3.26. The topological polar surface area (TPSA) is 55.9 Å². The number of allylic oxidation sites excluding steroid dienone is 1. The number of ketones is 1. The van der Waals surface area contributed by atoms with Crippen molar-refractivity contribution in [2.45, 2.75) is 90.3 Å². The molecular formula is C19H32O4. The monoisotopic (exact) mass is 324 g/mol. The summed E-state index contributed by atoms with van der Waals surface area (Å²) in [5.41, 5.74) is 0. The van der Waals surface area contributed by atoms with E-state index in [9.17, 15) is 9.59 Å². The second-order valence-corrected chi connectivity index (χ2v) is 6.18. The van der Waals surface area contributed by atoms with E-state index in [0.29, 0.717) is 25.6 Å². The number of esters is 1. The summed E-state index contributed by atoms with van der Waals surface area (Å²) in [4.78, 5) is 22.7. The van der Waals surface area contributed by atoms with Crippen LogP contribution in [-0.2, 0) is 19.1 Å². The highest BCUT2D eigenvalue weighted by Gasteiger charge is 2.35. The first kappa shape index (κ1) is 19.9. The fourth-order valence-electron chi connectivity index (χ4n) is 2.62. The van der Waals surface area contributed by atoms with Crippen molar-refractivity contribution < 1.29 is 19.1 Å². The number of rotatable bonds is 14. The predicted molar refractivity (Wildman–Crippen MR) is 91.3 cm³/mol. The van der Waals surface area contributed by atoms with E-state index in [2.05, 4.69) is 13.0 Å². The average molecular weight is 324 g/mol. The van der Waals surface area contributed by atoms with E-state index in [1.54, 1.807) is 6.92 Å². The molecule has 1 fully saturated rings. The van der Waals surface area contributed by atoms with E-state index in [-0.39, 0.29) is 18.3 Å². The summed E-state index contributed by atoms with van der Waals surface area (Å²) in [7, 11) is 0. The SMILES string of the molecule is CCCCCCCCC1OC1C=CCCC(=O)CC(=O)OCC. The summed E-state index contributed by atoms with van der Waals surface area (Å²) in [5.74, 6) is -0.487. The summed E-state index contributed by atoms with van der Waals surface area (Å²) in [5, 5.41) is 0. The van der Waals surface area contributed by atoms with Crippen LogP contribution in [0.25, 0.3) is 0 Å². The number of unbranched alkanes of at least 4 members (excludes halogenated alkanes) is 5. The molecule has 1 aliphatic rings. The van der Waals surface area contributed by atoms with Gasteiger partial charge in [0.15, 0.2) is 0 Å². The Morgan fingerprint density at radius 2 is 1.83 bits per heavy atom. The molecule has 1 saturated heterocycles. The highest BCUT2D eigenvalue weighted by molar-refractivity contribution is 5.95. The first-order valence-electron chi connectivity index (χ1n) is 9.16. The van der Waals surface area contributed by atoms with Gasteiger partial charge in [0.2, 0.25) is 0 Å². The normalized spacial score (nSPS) is 19.9. The van der Waals surface area contributed by atoms with E-state index in [4.69, 9.17) is 9.47 Å². The van der Waals surface area contributed by atoms with Crippen LogP contribution in [0.4, 0.5) is 0 Å². The highest BCUT2D eigenvalue weighted by atomic mass is 16.6. The summed E-state index contributed by atoms with van der Waals surface area (Å²) in [6.45, 7) is 4.30. The Morgan fingerprint density at radius 3 is 2.57 bits per heavy atom. The second-order valence-electron chi connectivity index (χ2n) is 6.18. The molecule has 0 aromatic rings. The lowest BCUT2D eigenvalue weighted by Gasteiger charge is -1.99. The Balaban J connectivity index is 1.96. The zero-order valence-corrected chi connectivity index (χ0v) is 14.7. The Hall–Kier alpha value is -1.16. The van der Waals surface area contributed by atoms with E-state index in [1.807, 2.05) is 6.08 Å². The van der Waals surface area contributed by atoms with Gasteiger partial charge in [-0.2, -0.15) is 0 Å². The minimum atomic E-state index is -0.425. The van der Waals surface area contributed by atoms with Gasteiger partial charge in [-0.1, -0.05) is 57.6 Å². The van der Waals surface area contributed by atoms with Gasteiger partial charge in [-0.15, -0.1) is 0 Å². The quantitative estimate of drug-likeness (QED) is 0.157. The number of carbonyl (C=O) groups is 2. The van der Waals surface area contributed by atoms with Gasteiger partial charge >= 0.3 is 5.97 Å². The van der Waals surface area contributed by atoms with Gasteiger partial charge in [0.05, 0.1) is 12.7 Å². The van der Waals surface area contributed by atoms with Crippen molar-refractivity contribution in [3.8, 4) is 0 Å². The van der Waals surface area contributed by atoms with Gasteiger partial charge in [0.1, 0.15) is 18.3 Å². The molecule has 2 unspecified atom stereocenters. The molecule has 0 bridgehead atoms. The number of hydrogen-bond donors (Lipinski definition) is 0. The summed E-state index contributed by atoms with van der Waals surface area (Å²) >= 11 is 0. The lowest BCUT2D eigenvalue weighted by Crippen LogP contribution is -2.10. The van der Waals surface area contributed by atoms with Crippen LogP contribution < -0.4 is 0 Å². The summed E-state index contributed by atoms with van der Waals surface area (Å²) in [6, 6.07) is 0. The third kappa shape index (κ3) is 10.3. The number of hydrogen-bond acceptors (Lipinski definition) is 4. The lowest BCUT2D eigenvalue weighted by atomic mass is 10.1. The largest absolute Gasteiger partial charge is 0.466 e. The van der Waals surface area contributed by atoms with Crippen LogP contribution in [0.2, 0.25) is 0 Å². The number of carbonyl (C=O) groups excluding carboxylic acids is 2. The maximum absolute atomic E-state index is 11.5. The Labute approximate surface area is 140 Å². The van der Waals surface area contributed by atoms with Gasteiger partial charge < -0.3 is 9.47 Å². The molecule has 0 aromatic carbocycles. The van der Waals surface area contributed by atoms with Crippen molar-refractivity contribution in [1.29, 1.82) is 0 Å².